The zero-order chi connectivity index (χ0) is 37.9. The number of ether oxygens (including phenoxy) is 1. The summed E-state index contributed by atoms with van der Waals surface area (Å²) in [5, 5.41) is 9.12. The Morgan fingerprint density at radius 3 is 1.41 bits per heavy atom. The van der Waals surface area contributed by atoms with Gasteiger partial charge < -0.3 is 33.8 Å². The molecule has 0 aromatic heterocycles. The van der Waals surface area contributed by atoms with E-state index in [1.54, 1.807) is 6.92 Å². The number of hydrogen-bond donors (Lipinski definition) is 3. The van der Waals surface area contributed by atoms with Crippen LogP contribution in [0.4, 0.5) is 0 Å². The summed E-state index contributed by atoms with van der Waals surface area (Å²) in [5.41, 5.74) is 0.393. The average molecular weight is 746 g/mol. The van der Waals surface area contributed by atoms with Gasteiger partial charge in [-0.1, -0.05) is 45.1 Å². The van der Waals surface area contributed by atoms with Gasteiger partial charge >= 0.3 is 5.97 Å². The van der Waals surface area contributed by atoms with E-state index in [0.29, 0.717) is 60.3 Å². The third kappa shape index (κ3) is 27.5. The molecule has 11 nitrogen and oxygen atoms in total. The Morgan fingerprint density at radius 1 is 0.592 bits per heavy atom. The van der Waals surface area contributed by atoms with E-state index in [4.69, 9.17) is 8.85 Å². The molecule has 0 aliphatic carbocycles. The predicted molar refractivity (Wildman–Crippen MR) is 210 cm³/mol. The van der Waals surface area contributed by atoms with Gasteiger partial charge in [0.1, 0.15) is 0 Å². The maximum atomic E-state index is 12.6. The molecule has 0 rings (SSSR count). The second kappa shape index (κ2) is 22.2. The number of hydrogen-bond acceptors (Lipinski definition) is 6. The molecule has 0 unspecified atom stereocenters. The lowest BCUT2D eigenvalue weighted by Crippen LogP contribution is -2.52. The SMILES string of the molecule is C=C(C)C(=O)OCCC[N+](C)(C)CC(=O)NCCCC[Si](C)(C)O[Si](C)(C)CCCCNC(=O)C[N+](C)(C)CC(=O)NCCC[Si](C)(C)C. The molecule has 0 fully saturated rings. The summed E-state index contributed by atoms with van der Waals surface area (Å²) in [6, 6.07) is 3.31. The van der Waals surface area contributed by atoms with Crippen molar-refractivity contribution in [3.8, 4) is 0 Å². The molecule has 49 heavy (non-hydrogen) atoms. The molecule has 3 N–H and O–H groups in total. The number of quaternary nitrogens is 2. The summed E-state index contributed by atoms with van der Waals surface area (Å²) in [7, 11) is 3.11. The van der Waals surface area contributed by atoms with Crippen LogP contribution in [0.1, 0.15) is 45.4 Å². The molecule has 0 spiro atoms. The molecular weight excluding hydrogens is 671 g/mol. The van der Waals surface area contributed by atoms with Crippen LogP contribution in [0.2, 0.25) is 64.0 Å². The standard InChI is InChI=1S/C35H73N5O6Si3/c1-31(2)35(44)45-24-19-23-39(3,4)28-32(41)36-20-14-16-26-48(10,11)46-49(12,13)27-17-15-21-37-33(42)29-40(5,6)30-34(43)38-22-18-25-47(7,8)9/h1,14-30H2,2-13H3,(H-2,36,37,38,41,42,43)/p+2. The Bertz CT molecular complexity index is 1060. The molecule has 0 aromatic carbocycles. The van der Waals surface area contributed by atoms with E-state index in [1.807, 2.05) is 28.2 Å². The number of nitrogens with zero attached hydrogens (tertiary/aromatic N) is 2. The van der Waals surface area contributed by atoms with Crippen LogP contribution in [0.5, 0.6) is 0 Å². The number of likely N-dealkylation sites (N-methyl/N-ethyl adjacent to an activating group) is 2. The molecule has 0 bridgehead atoms. The van der Waals surface area contributed by atoms with Crippen molar-refractivity contribution in [2.45, 2.75) is 109 Å². The van der Waals surface area contributed by atoms with Crippen LogP contribution in [0.25, 0.3) is 0 Å². The van der Waals surface area contributed by atoms with Gasteiger partial charge in [0, 0.05) is 39.7 Å². The highest BCUT2D eigenvalue weighted by atomic mass is 28.4. The van der Waals surface area contributed by atoms with Crippen molar-refractivity contribution in [2.24, 2.45) is 0 Å². The van der Waals surface area contributed by atoms with Crippen molar-refractivity contribution in [3.05, 3.63) is 12.2 Å². The lowest BCUT2D eigenvalue weighted by molar-refractivity contribution is -0.882. The first-order valence-electron chi connectivity index (χ1n) is 18.3. The highest BCUT2D eigenvalue weighted by Gasteiger charge is 2.32. The van der Waals surface area contributed by atoms with Gasteiger partial charge in [0.05, 0.1) is 41.3 Å². The average Bonchev–Trinajstić information content (AvgIpc) is 2.90. The van der Waals surface area contributed by atoms with E-state index < -0.39 is 24.7 Å². The zero-order valence-corrected chi connectivity index (χ0v) is 36.6. The number of carbonyl (C=O) groups is 4. The second-order valence-corrected chi connectivity index (χ2v) is 32.1. The van der Waals surface area contributed by atoms with Crippen LogP contribution in [-0.4, -0.2) is 138 Å². The van der Waals surface area contributed by atoms with Crippen molar-refractivity contribution in [3.63, 3.8) is 0 Å². The summed E-state index contributed by atoms with van der Waals surface area (Å²) >= 11 is 0. The highest BCUT2D eigenvalue weighted by Crippen LogP contribution is 2.24. The minimum absolute atomic E-state index is 0.00250. The molecule has 0 radical (unpaired) electrons. The van der Waals surface area contributed by atoms with Gasteiger partial charge in [0.15, 0.2) is 36.3 Å². The van der Waals surface area contributed by atoms with Gasteiger partial charge in [0.25, 0.3) is 17.7 Å². The van der Waals surface area contributed by atoms with E-state index in [9.17, 15) is 19.2 Å². The number of nitrogens with one attached hydrogen (secondary N) is 3. The molecule has 0 atom stereocenters. The first kappa shape index (κ1) is 47.2. The van der Waals surface area contributed by atoms with Crippen LogP contribution in [0.15, 0.2) is 12.2 Å². The fourth-order valence-electron chi connectivity index (χ4n) is 5.75. The lowest BCUT2D eigenvalue weighted by Gasteiger charge is -2.34. The van der Waals surface area contributed by atoms with Crippen molar-refractivity contribution < 1.29 is 37.0 Å². The number of carbonyl (C=O) groups excluding carboxylic acids is 4. The molecular formula is C35H75N5O6Si3+2. The monoisotopic (exact) mass is 746 g/mol. The van der Waals surface area contributed by atoms with Crippen LogP contribution >= 0.6 is 0 Å². The van der Waals surface area contributed by atoms with Crippen molar-refractivity contribution in [1.29, 1.82) is 0 Å². The Kier molecular flexibility index (Phi) is 21.3. The molecule has 14 heteroatoms. The van der Waals surface area contributed by atoms with Gasteiger partial charge in [-0.05, 0) is 64.5 Å². The molecule has 0 aromatic rings. The van der Waals surface area contributed by atoms with Crippen molar-refractivity contribution in [2.75, 3.05) is 80.6 Å². The van der Waals surface area contributed by atoms with Crippen LogP contribution in [0.3, 0.4) is 0 Å². The molecule has 0 aliphatic rings. The third-order valence-corrected chi connectivity index (χ3v) is 17.6. The van der Waals surface area contributed by atoms with E-state index in [0.717, 1.165) is 50.7 Å². The quantitative estimate of drug-likeness (QED) is 0.0368. The molecule has 0 heterocycles. The smallest absolute Gasteiger partial charge is 0.333 e. The van der Waals surface area contributed by atoms with Crippen LogP contribution in [-0.2, 0) is 28.0 Å². The van der Waals surface area contributed by atoms with E-state index in [-0.39, 0.29) is 30.2 Å². The number of amides is 3. The van der Waals surface area contributed by atoms with Gasteiger partial charge in [-0.15, -0.1) is 0 Å². The fourth-order valence-corrected chi connectivity index (χ4v) is 16.0. The summed E-state index contributed by atoms with van der Waals surface area (Å²) in [4.78, 5) is 49.0. The lowest BCUT2D eigenvalue weighted by atomic mass is 10.3. The molecule has 0 aliphatic heterocycles. The largest absolute Gasteiger partial charge is 0.462 e. The number of rotatable bonds is 27. The Hall–Kier alpha value is -1.85. The Labute approximate surface area is 302 Å². The van der Waals surface area contributed by atoms with E-state index in [1.165, 1.54) is 6.04 Å². The second-order valence-electron chi connectivity index (χ2n) is 17.6. The highest BCUT2D eigenvalue weighted by molar-refractivity contribution is 6.84. The van der Waals surface area contributed by atoms with Gasteiger partial charge in [0.2, 0.25) is 0 Å². The summed E-state index contributed by atoms with van der Waals surface area (Å²) in [6.45, 7) is 25.4. The Morgan fingerprint density at radius 2 is 1.00 bits per heavy atom. The van der Waals surface area contributed by atoms with E-state index in [2.05, 4.69) is 68.4 Å². The van der Waals surface area contributed by atoms with Crippen molar-refractivity contribution in [1.82, 2.24) is 16.0 Å². The number of esters is 1. The number of unbranched alkanes of at least 4 members (excludes halogenated alkanes) is 2. The van der Waals surface area contributed by atoms with Gasteiger partial charge in [-0.25, -0.2) is 4.79 Å². The minimum Gasteiger partial charge on any atom is -0.462 e. The normalized spacial score (nSPS) is 12.7. The third-order valence-electron chi connectivity index (χ3n) is 8.24. The van der Waals surface area contributed by atoms with Crippen molar-refractivity contribution >= 4 is 48.4 Å². The topological polar surface area (TPSA) is 123 Å². The van der Waals surface area contributed by atoms with Crippen LogP contribution < -0.4 is 16.0 Å². The molecule has 0 saturated carbocycles. The van der Waals surface area contributed by atoms with Gasteiger partial charge in [-0.3, -0.25) is 14.4 Å². The maximum absolute atomic E-state index is 12.6. The predicted octanol–water partition coefficient (Wildman–Crippen LogP) is 4.71. The van der Waals surface area contributed by atoms with Crippen LogP contribution in [0, 0.1) is 0 Å². The molecule has 0 saturated heterocycles. The summed E-state index contributed by atoms with van der Waals surface area (Å²) < 4.78 is 12.8. The maximum Gasteiger partial charge on any atom is 0.333 e. The minimum atomic E-state index is -1.84. The summed E-state index contributed by atoms with van der Waals surface area (Å²) in [5.74, 6) is -0.352. The first-order valence-corrected chi connectivity index (χ1v) is 28.2. The summed E-state index contributed by atoms with van der Waals surface area (Å²) in [6.07, 6.45) is 5.59. The fraction of sp³-hybridized carbons (Fsp3) is 0.829. The first-order chi connectivity index (χ1) is 22.3. The Balaban J connectivity index is 4.22. The molecule has 286 valence electrons. The molecule has 3 amide bonds. The van der Waals surface area contributed by atoms with E-state index >= 15 is 0 Å². The van der Waals surface area contributed by atoms with Gasteiger partial charge in [-0.2, -0.15) is 0 Å². The zero-order valence-electron chi connectivity index (χ0n) is 33.6.